The van der Waals surface area contributed by atoms with Crippen molar-refractivity contribution in [3.63, 3.8) is 0 Å². The normalized spacial score (nSPS) is 17.7. The number of nitrogens with two attached hydrogens (primary N) is 1. The van der Waals surface area contributed by atoms with Crippen LogP contribution in [0.15, 0.2) is 0 Å². The average molecular weight is 269 g/mol. The smallest absolute Gasteiger partial charge is 0.236 e. The molecule has 1 rings (SSSR count). The van der Waals surface area contributed by atoms with Crippen LogP contribution in [0.1, 0.15) is 51.9 Å². The Hall–Kier alpha value is -1.10. The molecular weight excluding hydrogens is 242 g/mol. The third-order valence-electron chi connectivity index (χ3n) is 3.53. The molecule has 1 heterocycles. The summed E-state index contributed by atoms with van der Waals surface area (Å²) in [5.41, 5.74) is 5.70. The Morgan fingerprint density at radius 2 is 1.84 bits per heavy atom. The first-order valence-electron chi connectivity index (χ1n) is 7.46. The van der Waals surface area contributed by atoms with Crippen LogP contribution in [0.25, 0.3) is 0 Å². The zero-order valence-corrected chi connectivity index (χ0v) is 12.0. The van der Waals surface area contributed by atoms with Crippen molar-refractivity contribution in [2.24, 2.45) is 5.73 Å². The van der Waals surface area contributed by atoms with Gasteiger partial charge in [-0.15, -0.1) is 0 Å². The van der Waals surface area contributed by atoms with E-state index in [4.69, 9.17) is 5.73 Å². The predicted molar refractivity (Wildman–Crippen MR) is 75.6 cm³/mol. The number of rotatable bonds is 6. The van der Waals surface area contributed by atoms with Crippen molar-refractivity contribution in [2.45, 2.75) is 57.9 Å². The Morgan fingerprint density at radius 1 is 1.21 bits per heavy atom. The number of carbonyl (C=O) groups is 2. The van der Waals surface area contributed by atoms with E-state index in [1.54, 1.807) is 0 Å². The number of likely N-dealkylation sites (tertiary alicyclic amines) is 1. The third kappa shape index (κ3) is 6.05. The van der Waals surface area contributed by atoms with Crippen molar-refractivity contribution < 1.29 is 9.59 Å². The van der Waals surface area contributed by atoms with Gasteiger partial charge in [0.05, 0.1) is 6.04 Å². The second-order valence-electron chi connectivity index (χ2n) is 5.23. The summed E-state index contributed by atoms with van der Waals surface area (Å²) in [6.07, 6.45) is 6.58. The Balaban J connectivity index is 2.20. The van der Waals surface area contributed by atoms with E-state index >= 15 is 0 Å². The number of carbonyl (C=O) groups excluding carboxylic acids is 2. The summed E-state index contributed by atoms with van der Waals surface area (Å²) in [6, 6.07) is -0.446. The molecule has 1 aliphatic heterocycles. The molecule has 1 fully saturated rings. The highest BCUT2D eigenvalue weighted by atomic mass is 16.2. The molecule has 5 nitrogen and oxygen atoms in total. The Morgan fingerprint density at radius 3 is 2.42 bits per heavy atom. The maximum Gasteiger partial charge on any atom is 0.236 e. The second kappa shape index (κ2) is 8.91. The quantitative estimate of drug-likeness (QED) is 0.756. The van der Waals surface area contributed by atoms with Gasteiger partial charge in [0.1, 0.15) is 0 Å². The van der Waals surface area contributed by atoms with E-state index in [1.807, 2.05) is 11.8 Å². The maximum absolute atomic E-state index is 12.0. The van der Waals surface area contributed by atoms with Crippen LogP contribution in [-0.2, 0) is 9.59 Å². The summed E-state index contributed by atoms with van der Waals surface area (Å²) < 4.78 is 0. The zero-order chi connectivity index (χ0) is 14.1. The monoisotopic (exact) mass is 269 g/mol. The van der Waals surface area contributed by atoms with Crippen LogP contribution in [0.4, 0.5) is 0 Å². The predicted octanol–water partition coefficient (Wildman–Crippen LogP) is 1.02. The molecule has 19 heavy (non-hydrogen) atoms. The summed E-state index contributed by atoms with van der Waals surface area (Å²) in [4.78, 5) is 25.5. The lowest BCUT2D eigenvalue weighted by Gasteiger charge is -2.20. The summed E-state index contributed by atoms with van der Waals surface area (Å²) >= 11 is 0. The molecule has 1 saturated heterocycles. The van der Waals surface area contributed by atoms with Crippen LogP contribution in [0, 0.1) is 0 Å². The van der Waals surface area contributed by atoms with Crippen molar-refractivity contribution in [1.82, 2.24) is 10.2 Å². The first-order chi connectivity index (χ1) is 9.15. The van der Waals surface area contributed by atoms with Crippen molar-refractivity contribution in [2.75, 3.05) is 19.6 Å². The van der Waals surface area contributed by atoms with Crippen LogP contribution >= 0.6 is 0 Å². The van der Waals surface area contributed by atoms with E-state index < -0.39 is 6.04 Å². The fraction of sp³-hybridized carbons (Fsp3) is 0.857. The van der Waals surface area contributed by atoms with Crippen molar-refractivity contribution in [3.05, 3.63) is 0 Å². The molecule has 3 N–H and O–H groups in total. The van der Waals surface area contributed by atoms with Crippen LogP contribution in [0.2, 0.25) is 0 Å². The molecule has 0 aromatic heterocycles. The number of hydrogen-bond donors (Lipinski definition) is 2. The van der Waals surface area contributed by atoms with Gasteiger partial charge in [-0.05, 0) is 19.3 Å². The minimum Gasteiger partial charge on any atom is -0.354 e. The highest BCUT2D eigenvalue weighted by molar-refractivity contribution is 5.82. The molecule has 0 spiro atoms. The van der Waals surface area contributed by atoms with E-state index in [0.29, 0.717) is 19.4 Å². The lowest BCUT2D eigenvalue weighted by atomic mass is 10.1. The summed E-state index contributed by atoms with van der Waals surface area (Å²) in [5.74, 6) is -0.00298. The fourth-order valence-corrected chi connectivity index (χ4v) is 2.34. The van der Waals surface area contributed by atoms with Crippen molar-refractivity contribution in [1.29, 1.82) is 0 Å². The third-order valence-corrected chi connectivity index (χ3v) is 3.53. The zero-order valence-electron chi connectivity index (χ0n) is 12.0. The van der Waals surface area contributed by atoms with Gasteiger partial charge < -0.3 is 16.0 Å². The molecule has 0 bridgehead atoms. The van der Waals surface area contributed by atoms with Gasteiger partial charge in [0, 0.05) is 26.1 Å². The van der Waals surface area contributed by atoms with Crippen LogP contribution in [0.3, 0.4) is 0 Å². The highest BCUT2D eigenvalue weighted by Crippen LogP contribution is 2.10. The van der Waals surface area contributed by atoms with Gasteiger partial charge in [-0.25, -0.2) is 0 Å². The van der Waals surface area contributed by atoms with Gasteiger partial charge in [0.25, 0.3) is 0 Å². The average Bonchev–Trinajstić information content (AvgIpc) is 2.67. The van der Waals surface area contributed by atoms with Gasteiger partial charge in [0.15, 0.2) is 0 Å². The Bertz CT molecular complexity index is 286. The number of nitrogens with zero attached hydrogens (tertiary/aromatic N) is 1. The molecule has 0 saturated carbocycles. The number of amides is 2. The topological polar surface area (TPSA) is 75.4 Å². The van der Waals surface area contributed by atoms with Gasteiger partial charge >= 0.3 is 0 Å². The minimum absolute atomic E-state index is 0.145. The Labute approximate surface area is 115 Å². The van der Waals surface area contributed by atoms with Gasteiger partial charge in [-0.1, -0.05) is 26.2 Å². The first kappa shape index (κ1) is 16.0. The summed E-state index contributed by atoms with van der Waals surface area (Å²) in [6.45, 7) is 4.12. The van der Waals surface area contributed by atoms with E-state index in [-0.39, 0.29) is 11.8 Å². The lowest BCUT2D eigenvalue weighted by Crippen LogP contribution is -2.42. The molecule has 0 aliphatic carbocycles. The summed E-state index contributed by atoms with van der Waals surface area (Å²) in [7, 11) is 0. The minimum atomic E-state index is -0.446. The van der Waals surface area contributed by atoms with E-state index in [2.05, 4.69) is 5.32 Å². The standard InChI is InChI=1S/C14H27N3O2/c1-2-7-12(15)14(19)16-9-8-13(18)17-10-5-3-4-6-11-17/h12H,2-11,15H2,1H3,(H,16,19). The number of hydrogen-bond acceptors (Lipinski definition) is 3. The van der Waals surface area contributed by atoms with Crippen molar-refractivity contribution in [3.8, 4) is 0 Å². The van der Waals surface area contributed by atoms with E-state index in [9.17, 15) is 9.59 Å². The van der Waals surface area contributed by atoms with Crippen molar-refractivity contribution >= 4 is 11.8 Å². The highest BCUT2D eigenvalue weighted by Gasteiger charge is 2.16. The SMILES string of the molecule is CCCC(N)C(=O)NCCC(=O)N1CCCCCC1. The first-order valence-corrected chi connectivity index (χ1v) is 7.46. The summed E-state index contributed by atoms with van der Waals surface area (Å²) in [5, 5.41) is 2.74. The molecular formula is C14H27N3O2. The fourth-order valence-electron chi connectivity index (χ4n) is 2.34. The molecule has 0 aromatic carbocycles. The van der Waals surface area contributed by atoms with Gasteiger partial charge in [-0.2, -0.15) is 0 Å². The lowest BCUT2D eigenvalue weighted by molar-refractivity contribution is -0.131. The van der Waals surface area contributed by atoms with Crippen LogP contribution < -0.4 is 11.1 Å². The molecule has 110 valence electrons. The molecule has 5 heteroatoms. The van der Waals surface area contributed by atoms with Gasteiger partial charge in [-0.3, -0.25) is 9.59 Å². The van der Waals surface area contributed by atoms with E-state index in [0.717, 1.165) is 32.4 Å². The number of nitrogens with one attached hydrogen (secondary N) is 1. The van der Waals surface area contributed by atoms with Gasteiger partial charge in [0.2, 0.25) is 11.8 Å². The molecule has 1 atom stereocenters. The molecule has 1 aliphatic rings. The molecule has 2 amide bonds. The van der Waals surface area contributed by atoms with E-state index in [1.165, 1.54) is 12.8 Å². The second-order valence-corrected chi connectivity index (χ2v) is 5.23. The molecule has 0 aromatic rings. The largest absolute Gasteiger partial charge is 0.354 e. The van der Waals surface area contributed by atoms with Crippen LogP contribution in [0.5, 0.6) is 0 Å². The molecule has 1 unspecified atom stereocenters. The van der Waals surface area contributed by atoms with Crippen LogP contribution in [-0.4, -0.2) is 42.4 Å². The Kier molecular flexibility index (Phi) is 7.48. The molecule has 0 radical (unpaired) electrons. The maximum atomic E-state index is 12.0.